The zero-order valence-corrected chi connectivity index (χ0v) is 7.02. The van der Waals surface area contributed by atoms with E-state index in [9.17, 15) is 0 Å². The summed E-state index contributed by atoms with van der Waals surface area (Å²) in [5.41, 5.74) is 0.802. The van der Waals surface area contributed by atoms with Gasteiger partial charge in [-0.3, -0.25) is 4.98 Å². The first-order valence-corrected chi connectivity index (χ1v) is 3.80. The Labute approximate surface area is 71.4 Å². The molecule has 0 aliphatic rings. The fourth-order valence-corrected chi connectivity index (χ4v) is 0.805. The van der Waals surface area contributed by atoms with Gasteiger partial charge in [-0.1, -0.05) is 30.4 Å². The van der Waals surface area contributed by atoms with Crippen LogP contribution in [0.5, 0.6) is 0 Å². The summed E-state index contributed by atoms with van der Waals surface area (Å²) in [6.07, 6.45) is 4.16. The summed E-state index contributed by atoms with van der Waals surface area (Å²) >= 11 is 5.82. The number of nitrogens with zero attached hydrogens (tertiary/aromatic N) is 1. The minimum absolute atomic E-state index is 0.668. The first kappa shape index (κ1) is 8.10. The van der Waals surface area contributed by atoms with Crippen molar-refractivity contribution in [2.45, 2.75) is 13.3 Å². The maximum absolute atomic E-state index is 5.82. The van der Waals surface area contributed by atoms with Gasteiger partial charge in [-0.05, 0) is 6.07 Å². The smallest absolute Gasteiger partial charge is 0.0615 e. The third kappa shape index (κ3) is 2.25. The average molecular weight is 166 g/mol. The molecule has 0 unspecified atom stereocenters. The maximum Gasteiger partial charge on any atom is 0.0615 e. The van der Waals surface area contributed by atoms with Gasteiger partial charge in [-0.15, -0.1) is 0 Å². The number of hydrogen-bond acceptors (Lipinski definition) is 1. The van der Waals surface area contributed by atoms with Gasteiger partial charge in [0.2, 0.25) is 0 Å². The van der Waals surface area contributed by atoms with Crippen molar-refractivity contribution in [3.05, 3.63) is 29.0 Å². The number of hydrogen-bond donors (Lipinski definition) is 0. The van der Waals surface area contributed by atoms with Crippen LogP contribution < -0.4 is 0 Å². The maximum atomic E-state index is 5.82. The molecule has 2 heteroatoms. The van der Waals surface area contributed by atoms with Gasteiger partial charge >= 0.3 is 0 Å². The van der Waals surface area contributed by atoms with Crippen LogP contribution in [0.3, 0.4) is 0 Å². The highest BCUT2D eigenvalue weighted by molar-refractivity contribution is 6.31. The monoisotopic (exact) mass is 165 g/mol. The van der Waals surface area contributed by atoms with Crippen molar-refractivity contribution in [2.24, 2.45) is 0 Å². The van der Waals surface area contributed by atoms with Crippen LogP contribution in [0.25, 0.3) is 0 Å². The summed E-state index contributed by atoms with van der Waals surface area (Å²) in [5.74, 6) is 5.85. The Hall–Kier alpha value is -1.00. The fraction of sp³-hybridized carbons (Fsp3) is 0.222. The molecule has 1 aromatic rings. The summed E-state index contributed by atoms with van der Waals surface area (Å²) in [7, 11) is 0. The van der Waals surface area contributed by atoms with Gasteiger partial charge in [0.1, 0.15) is 0 Å². The fourth-order valence-electron chi connectivity index (χ4n) is 0.653. The van der Waals surface area contributed by atoms with Crippen molar-refractivity contribution < 1.29 is 0 Å². The van der Waals surface area contributed by atoms with Crippen LogP contribution in [-0.2, 0) is 0 Å². The second-order valence-electron chi connectivity index (χ2n) is 2.01. The molecule has 0 aliphatic carbocycles. The van der Waals surface area contributed by atoms with E-state index in [-0.39, 0.29) is 0 Å². The molecule has 11 heavy (non-hydrogen) atoms. The summed E-state index contributed by atoms with van der Waals surface area (Å²) in [4.78, 5) is 3.91. The Kier molecular flexibility index (Phi) is 2.95. The van der Waals surface area contributed by atoms with Crippen LogP contribution in [0.15, 0.2) is 18.5 Å². The second kappa shape index (κ2) is 4.00. The standard InChI is InChI=1S/C9H8ClN/c1-2-3-4-8-7-11-6-5-9(8)10/h5-7H,2H2,1H3. The zero-order valence-electron chi connectivity index (χ0n) is 6.26. The molecule has 56 valence electrons. The van der Waals surface area contributed by atoms with Crippen LogP contribution in [0, 0.1) is 11.8 Å². The lowest BCUT2D eigenvalue weighted by Crippen LogP contribution is -1.77. The Morgan fingerprint density at radius 1 is 1.64 bits per heavy atom. The Balaban J connectivity index is 2.95. The SMILES string of the molecule is CCC#Cc1cnccc1Cl. The molecule has 0 saturated carbocycles. The first-order valence-electron chi connectivity index (χ1n) is 3.43. The average Bonchev–Trinajstić information content (AvgIpc) is 2.03. The minimum Gasteiger partial charge on any atom is -0.263 e. The van der Waals surface area contributed by atoms with Crippen LogP contribution in [-0.4, -0.2) is 4.98 Å². The predicted octanol–water partition coefficient (Wildman–Crippen LogP) is 2.50. The summed E-state index contributed by atoms with van der Waals surface area (Å²) in [5, 5.41) is 0.668. The van der Waals surface area contributed by atoms with E-state index in [4.69, 9.17) is 11.6 Å². The molecule has 0 N–H and O–H groups in total. The molecule has 0 fully saturated rings. The molecule has 1 aromatic heterocycles. The van der Waals surface area contributed by atoms with Gasteiger partial charge in [-0.25, -0.2) is 0 Å². The molecular weight excluding hydrogens is 158 g/mol. The van der Waals surface area contributed by atoms with Crippen LogP contribution in [0.1, 0.15) is 18.9 Å². The van der Waals surface area contributed by atoms with Crippen LogP contribution in [0.4, 0.5) is 0 Å². The molecule has 1 rings (SSSR count). The van der Waals surface area contributed by atoms with Crippen molar-refractivity contribution in [3.63, 3.8) is 0 Å². The quantitative estimate of drug-likeness (QED) is 0.539. The van der Waals surface area contributed by atoms with Crippen LogP contribution in [0.2, 0.25) is 5.02 Å². The van der Waals surface area contributed by atoms with E-state index in [1.807, 2.05) is 6.92 Å². The molecule has 0 radical (unpaired) electrons. The van der Waals surface area contributed by atoms with Gasteiger partial charge in [0.25, 0.3) is 0 Å². The molecule has 0 amide bonds. The first-order chi connectivity index (χ1) is 5.34. The highest BCUT2D eigenvalue weighted by Gasteiger charge is 1.92. The van der Waals surface area contributed by atoms with E-state index in [2.05, 4.69) is 16.8 Å². The van der Waals surface area contributed by atoms with Crippen LogP contribution >= 0.6 is 11.6 Å². The lowest BCUT2D eigenvalue weighted by Gasteiger charge is -1.90. The molecule has 0 atom stereocenters. The van der Waals surface area contributed by atoms with E-state index in [0.29, 0.717) is 5.02 Å². The molecular formula is C9H8ClN. The Bertz CT molecular complexity index is 296. The molecule has 0 saturated heterocycles. The predicted molar refractivity (Wildman–Crippen MR) is 46.4 cm³/mol. The van der Waals surface area contributed by atoms with Crippen molar-refractivity contribution >= 4 is 11.6 Å². The van der Waals surface area contributed by atoms with E-state index >= 15 is 0 Å². The van der Waals surface area contributed by atoms with E-state index < -0.39 is 0 Å². The van der Waals surface area contributed by atoms with Crippen molar-refractivity contribution in [1.82, 2.24) is 4.98 Å². The normalized spacial score (nSPS) is 8.55. The highest BCUT2D eigenvalue weighted by Crippen LogP contribution is 2.11. The third-order valence-electron chi connectivity index (χ3n) is 1.17. The van der Waals surface area contributed by atoms with Gasteiger partial charge in [0.15, 0.2) is 0 Å². The number of halogens is 1. The molecule has 0 aliphatic heterocycles. The Morgan fingerprint density at radius 2 is 2.45 bits per heavy atom. The molecule has 1 heterocycles. The number of rotatable bonds is 0. The number of aromatic nitrogens is 1. The largest absolute Gasteiger partial charge is 0.263 e. The van der Waals surface area contributed by atoms with Crippen molar-refractivity contribution in [3.8, 4) is 11.8 Å². The van der Waals surface area contributed by atoms with Gasteiger partial charge in [0.05, 0.1) is 10.6 Å². The molecule has 0 spiro atoms. The minimum atomic E-state index is 0.668. The van der Waals surface area contributed by atoms with E-state index in [1.165, 1.54) is 0 Å². The summed E-state index contributed by atoms with van der Waals surface area (Å²) in [6, 6.07) is 1.74. The van der Waals surface area contributed by atoms with Gasteiger partial charge < -0.3 is 0 Å². The third-order valence-corrected chi connectivity index (χ3v) is 1.50. The second-order valence-corrected chi connectivity index (χ2v) is 2.42. The van der Waals surface area contributed by atoms with Crippen molar-refractivity contribution in [1.29, 1.82) is 0 Å². The van der Waals surface area contributed by atoms with Gasteiger partial charge in [0, 0.05) is 18.8 Å². The zero-order chi connectivity index (χ0) is 8.10. The lowest BCUT2D eigenvalue weighted by atomic mass is 10.3. The summed E-state index contributed by atoms with van der Waals surface area (Å²) < 4.78 is 0. The van der Waals surface area contributed by atoms with E-state index in [0.717, 1.165) is 12.0 Å². The highest BCUT2D eigenvalue weighted by atomic mass is 35.5. The summed E-state index contributed by atoms with van der Waals surface area (Å²) in [6.45, 7) is 2.00. The molecule has 0 bridgehead atoms. The topological polar surface area (TPSA) is 12.9 Å². The lowest BCUT2D eigenvalue weighted by molar-refractivity contribution is 1.27. The molecule has 0 aromatic carbocycles. The Morgan fingerprint density at radius 3 is 3.09 bits per heavy atom. The number of pyridine rings is 1. The van der Waals surface area contributed by atoms with Crippen molar-refractivity contribution in [2.75, 3.05) is 0 Å². The molecule has 1 nitrogen and oxygen atoms in total. The van der Waals surface area contributed by atoms with E-state index in [1.54, 1.807) is 18.5 Å². The van der Waals surface area contributed by atoms with Gasteiger partial charge in [-0.2, -0.15) is 0 Å².